The molecule has 0 radical (unpaired) electrons. The van der Waals surface area contributed by atoms with Crippen molar-refractivity contribution in [2.75, 3.05) is 11.9 Å². The van der Waals surface area contributed by atoms with Crippen LogP contribution in [0.15, 0.2) is 23.7 Å². The zero-order chi connectivity index (χ0) is 13.7. The molecule has 0 spiro atoms. The van der Waals surface area contributed by atoms with Crippen LogP contribution < -0.4 is 5.32 Å². The number of rotatable bonds is 5. The van der Waals surface area contributed by atoms with E-state index >= 15 is 0 Å². The number of esters is 1. The molecule has 2 rings (SSSR count). The molecule has 0 saturated heterocycles. The van der Waals surface area contributed by atoms with Gasteiger partial charge in [-0.2, -0.15) is 0 Å². The highest BCUT2D eigenvalue weighted by molar-refractivity contribution is 7.16. The zero-order valence-electron chi connectivity index (χ0n) is 10.5. The van der Waals surface area contributed by atoms with E-state index in [0.717, 1.165) is 10.2 Å². The fraction of sp³-hybridized carbons (Fsp3) is 0.308. The average Bonchev–Trinajstić information content (AvgIpc) is 2.84. The second-order valence-corrected chi connectivity index (χ2v) is 4.77. The average molecular weight is 278 g/mol. The summed E-state index contributed by atoms with van der Waals surface area (Å²) in [6.45, 7) is 2.07. The number of nitrogens with one attached hydrogen (secondary N) is 1. The maximum atomic E-state index is 11.7. The molecule has 1 aromatic heterocycles. The molecular weight excluding hydrogens is 264 g/mol. The number of anilines is 1. The lowest BCUT2D eigenvalue weighted by atomic mass is 10.2. The summed E-state index contributed by atoms with van der Waals surface area (Å²) in [5.41, 5.74) is 3.39. The minimum absolute atomic E-state index is 0.0997. The maximum Gasteiger partial charge on any atom is 0.306 e. The van der Waals surface area contributed by atoms with Crippen LogP contribution in [0.4, 0.5) is 5.69 Å². The smallest absolute Gasteiger partial charge is 0.306 e. The third kappa shape index (κ3) is 3.75. The highest BCUT2D eigenvalue weighted by atomic mass is 32.1. The number of nitrogens with zero attached hydrogens (tertiary/aromatic N) is 1. The molecule has 0 bridgehead atoms. The van der Waals surface area contributed by atoms with Crippen LogP contribution in [0.1, 0.15) is 19.8 Å². The molecule has 1 amide bonds. The van der Waals surface area contributed by atoms with Crippen LogP contribution in [-0.4, -0.2) is 23.5 Å². The lowest BCUT2D eigenvalue weighted by Gasteiger charge is -2.05. The van der Waals surface area contributed by atoms with Crippen molar-refractivity contribution in [1.82, 2.24) is 4.98 Å². The third-order valence-corrected chi connectivity index (χ3v) is 3.27. The number of aromatic nitrogens is 1. The number of hydrogen-bond donors (Lipinski definition) is 1. The molecule has 6 heteroatoms. The van der Waals surface area contributed by atoms with Crippen molar-refractivity contribution >= 4 is 39.1 Å². The molecule has 0 aliphatic heterocycles. The summed E-state index contributed by atoms with van der Waals surface area (Å²) in [6, 6.07) is 5.52. The first kappa shape index (κ1) is 13.5. The lowest BCUT2D eigenvalue weighted by molar-refractivity contribution is -0.144. The predicted octanol–water partition coefficient (Wildman–Crippen LogP) is 2.58. The van der Waals surface area contributed by atoms with Crippen molar-refractivity contribution < 1.29 is 14.3 Å². The van der Waals surface area contributed by atoms with Crippen molar-refractivity contribution in [2.24, 2.45) is 0 Å². The van der Waals surface area contributed by atoms with Gasteiger partial charge in [0.05, 0.1) is 28.8 Å². The van der Waals surface area contributed by atoms with Gasteiger partial charge in [-0.15, -0.1) is 11.3 Å². The van der Waals surface area contributed by atoms with Crippen LogP contribution in [0, 0.1) is 0 Å². The molecule has 1 aromatic carbocycles. The Morgan fingerprint density at radius 1 is 1.37 bits per heavy atom. The van der Waals surface area contributed by atoms with Gasteiger partial charge in [0.1, 0.15) is 0 Å². The molecule has 0 aliphatic rings. The van der Waals surface area contributed by atoms with Gasteiger partial charge >= 0.3 is 5.97 Å². The minimum atomic E-state index is -0.351. The highest BCUT2D eigenvalue weighted by Gasteiger charge is 2.08. The Labute approximate surface area is 114 Å². The molecule has 1 N–H and O–H groups in total. The van der Waals surface area contributed by atoms with E-state index in [1.54, 1.807) is 18.5 Å². The minimum Gasteiger partial charge on any atom is -0.466 e. The van der Waals surface area contributed by atoms with Crippen LogP contribution >= 0.6 is 11.3 Å². The fourth-order valence-corrected chi connectivity index (χ4v) is 2.32. The molecule has 0 fully saturated rings. The summed E-state index contributed by atoms with van der Waals surface area (Å²) in [6.07, 6.45) is 0.224. The standard InChI is InChI=1S/C13H14N2O3S/c1-2-18-13(17)6-5-12(16)15-9-3-4-10-11(7-9)19-8-14-10/h3-4,7-8H,2,5-6H2,1H3,(H,15,16). The van der Waals surface area contributed by atoms with E-state index in [1.165, 1.54) is 11.3 Å². The van der Waals surface area contributed by atoms with Crippen molar-refractivity contribution in [2.45, 2.75) is 19.8 Å². The van der Waals surface area contributed by atoms with Gasteiger partial charge in [-0.3, -0.25) is 9.59 Å². The van der Waals surface area contributed by atoms with Gasteiger partial charge in [-0.05, 0) is 25.1 Å². The van der Waals surface area contributed by atoms with Gasteiger partial charge in [0.15, 0.2) is 0 Å². The van der Waals surface area contributed by atoms with Crippen molar-refractivity contribution in [3.8, 4) is 0 Å². The van der Waals surface area contributed by atoms with E-state index in [-0.39, 0.29) is 24.7 Å². The maximum absolute atomic E-state index is 11.7. The van der Waals surface area contributed by atoms with Gasteiger partial charge in [-0.1, -0.05) is 0 Å². The van der Waals surface area contributed by atoms with Crippen LogP contribution in [-0.2, 0) is 14.3 Å². The Morgan fingerprint density at radius 3 is 3.00 bits per heavy atom. The first-order chi connectivity index (χ1) is 9.19. The molecule has 1 heterocycles. The predicted molar refractivity (Wildman–Crippen MR) is 74.1 cm³/mol. The Kier molecular flexibility index (Phi) is 4.46. The topological polar surface area (TPSA) is 68.3 Å². The van der Waals surface area contributed by atoms with Gasteiger partial charge in [0.2, 0.25) is 5.91 Å². The van der Waals surface area contributed by atoms with E-state index in [2.05, 4.69) is 10.3 Å². The number of fused-ring (bicyclic) bond motifs is 1. The molecule has 0 unspecified atom stereocenters. The number of benzene rings is 1. The van der Waals surface area contributed by atoms with E-state index < -0.39 is 0 Å². The fourth-order valence-electron chi connectivity index (χ4n) is 1.61. The monoisotopic (exact) mass is 278 g/mol. The lowest BCUT2D eigenvalue weighted by Crippen LogP contribution is -2.14. The second-order valence-electron chi connectivity index (χ2n) is 3.89. The van der Waals surface area contributed by atoms with E-state index in [4.69, 9.17) is 4.74 Å². The highest BCUT2D eigenvalue weighted by Crippen LogP contribution is 2.21. The molecule has 100 valence electrons. The van der Waals surface area contributed by atoms with Crippen LogP contribution in [0.25, 0.3) is 10.2 Å². The number of hydrogen-bond acceptors (Lipinski definition) is 5. The van der Waals surface area contributed by atoms with E-state index in [1.807, 2.05) is 12.1 Å². The Balaban J connectivity index is 1.89. The number of carbonyl (C=O) groups is 2. The SMILES string of the molecule is CCOC(=O)CCC(=O)Nc1ccc2ncsc2c1. The van der Waals surface area contributed by atoms with Crippen LogP contribution in [0.5, 0.6) is 0 Å². The van der Waals surface area contributed by atoms with Gasteiger partial charge in [0.25, 0.3) is 0 Å². The Bertz CT molecular complexity index is 594. The molecular formula is C13H14N2O3S. The third-order valence-electron chi connectivity index (χ3n) is 2.48. The largest absolute Gasteiger partial charge is 0.466 e. The van der Waals surface area contributed by atoms with Crippen LogP contribution in [0.3, 0.4) is 0 Å². The summed E-state index contributed by atoms with van der Waals surface area (Å²) in [5, 5.41) is 2.75. The normalized spacial score (nSPS) is 10.4. The molecule has 2 aromatic rings. The molecule has 0 saturated carbocycles. The van der Waals surface area contributed by atoms with Crippen molar-refractivity contribution in [3.05, 3.63) is 23.7 Å². The van der Waals surface area contributed by atoms with Crippen molar-refractivity contribution in [1.29, 1.82) is 0 Å². The zero-order valence-corrected chi connectivity index (χ0v) is 11.3. The first-order valence-electron chi connectivity index (χ1n) is 5.97. The molecule has 0 aliphatic carbocycles. The van der Waals surface area contributed by atoms with E-state index in [9.17, 15) is 9.59 Å². The summed E-state index contributed by atoms with van der Waals surface area (Å²) in [7, 11) is 0. The Hall–Kier alpha value is -1.95. The van der Waals surface area contributed by atoms with E-state index in [0.29, 0.717) is 12.3 Å². The van der Waals surface area contributed by atoms with Crippen molar-refractivity contribution in [3.63, 3.8) is 0 Å². The summed E-state index contributed by atoms with van der Waals surface area (Å²) < 4.78 is 5.78. The number of amides is 1. The summed E-state index contributed by atoms with van der Waals surface area (Å²) in [5.74, 6) is -0.549. The number of carbonyl (C=O) groups excluding carboxylic acids is 2. The van der Waals surface area contributed by atoms with Gasteiger partial charge in [-0.25, -0.2) is 4.98 Å². The Morgan fingerprint density at radius 2 is 2.21 bits per heavy atom. The summed E-state index contributed by atoms with van der Waals surface area (Å²) >= 11 is 1.52. The number of thiazole rings is 1. The second kappa shape index (κ2) is 6.29. The van der Waals surface area contributed by atoms with Gasteiger partial charge in [0, 0.05) is 12.1 Å². The van der Waals surface area contributed by atoms with Gasteiger partial charge < -0.3 is 10.1 Å². The molecule has 19 heavy (non-hydrogen) atoms. The van der Waals surface area contributed by atoms with Crippen LogP contribution in [0.2, 0.25) is 0 Å². The molecule has 5 nitrogen and oxygen atoms in total. The first-order valence-corrected chi connectivity index (χ1v) is 6.85. The quantitative estimate of drug-likeness (QED) is 0.853. The number of ether oxygens (including phenoxy) is 1. The molecule has 0 atom stereocenters. The summed E-state index contributed by atoms with van der Waals surface area (Å²) in [4.78, 5) is 27.0.